The molecule has 3 aromatic rings. The fourth-order valence-electron chi connectivity index (χ4n) is 3.81. The number of para-hydroxylation sites is 1. The van der Waals surface area contributed by atoms with Gasteiger partial charge in [-0.3, -0.25) is 0 Å². The molecular weight excluding hydrogens is 420 g/mol. The Kier molecular flexibility index (Phi) is 7.01. The van der Waals surface area contributed by atoms with E-state index in [0.717, 1.165) is 64.1 Å². The molecule has 32 heavy (non-hydrogen) atoms. The van der Waals surface area contributed by atoms with E-state index in [1.54, 1.807) is 0 Å². The van der Waals surface area contributed by atoms with Crippen LogP contribution in [0.1, 0.15) is 31.7 Å². The van der Waals surface area contributed by atoms with Gasteiger partial charge in [-0.1, -0.05) is 23.7 Å². The number of anilines is 4. The number of nitrogens with zero attached hydrogens (tertiary/aromatic N) is 3. The van der Waals surface area contributed by atoms with Crippen molar-refractivity contribution in [1.82, 2.24) is 14.9 Å². The molecule has 1 atom stereocenters. The summed E-state index contributed by atoms with van der Waals surface area (Å²) in [5.74, 6) is 2.15. The first kappa shape index (κ1) is 22.6. The van der Waals surface area contributed by atoms with Crippen molar-refractivity contribution in [2.45, 2.75) is 39.2 Å². The maximum atomic E-state index is 6.33. The molecule has 4 rings (SSSR count). The normalized spacial score (nSPS) is 14.6. The van der Waals surface area contributed by atoms with Gasteiger partial charge in [-0.15, -0.1) is 0 Å². The molecule has 0 radical (unpaired) electrons. The average Bonchev–Trinajstić information content (AvgIpc) is 3.59. The van der Waals surface area contributed by atoms with Crippen LogP contribution in [0.5, 0.6) is 0 Å². The van der Waals surface area contributed by atoms with Crippen LogP contribution in [0, 0.1) is 12.8 Å². The number of rotatable bonds is 10. The van der Waals surface area contributed by atoms with Gasteiger partial charge in [-0.05, 0) is 89.5 Å². The number of aryl methyl sites for hydroxylation is 1. The fourth-order valence-corrected chi connectivity index (χ4v) is 3.99. The van der Waals surface area contributed by atoms with Gasteiger partial charge >= 0.3 is 0 Å². The lowest BCUT2D eigenvalue weighted by Gasteiger charge is -2.18. The second-order valence-corrected chi connectivity index (χ2v) is 9.45. The maximum absolute atomic E-state index is 6.33. The van der Waals surface area contributed by atoms with Crippen LogP contribution < -0.4 is 16.0 Å². The number of fused-ring (bicyclic) bond motifs is 1. The van der Waals surface area contributed by atoms with Crippen LogP contribution in [-0.4, -0.2) is 48.1 Å². The summed E-state index contributed by atoms with van der Waals surface area (Å²) < 4.78 is 0. The van der Waals surface area contributed by atoms with Crippen LogP contribution in [0.25, 0.3) is 10.9 Å². The SMILES string of the molecule is Cc1ccc(Nc2nc(N[C@H](C)C3CC3)c3cccc(NCCCN(C)C)c3n2)cc1Cl. The van der Waals surface area contributed by atoms with Crippen LogP contribution in [0.3, 0.4) is 0 Å². The van der Waals surface area contributed by atoms with Crippen LogP contribution in [0.2, 0.25) is 5.02 Å². The number of hydrogen-bond donors (Lipinski definition) is 3. The molecule has 0 aliphatic heterocycles. The molecule has 0 saturated heterocycles. The molecule has 170 valence electrons. The van der Waals surface area contributed by atoms with Gasteiger partial charge < -0.3 is 20.9 Å². The highest BCUT2D eigenvalue weighted by atomic mass is 35.5. The zero-order valence-corrected chi connectivity index (χ0v) is 20.1. The van der Waals surface area contributed by atoms with Crippen molar-refractivity contribution in [3.63, 3.8) is 0 Å². The summed E-state index contributed by atoms with van der Waals surface area (Å²) in [5, 5.41) is 12.3. The summed E-state index contributed by atoms with van der Waals surface area (Å²) in [6.07, 6.45) is 3.62. The predicted octanol–water partition coefficient (Wildman–Crippen LogP) is 5.91. The van der Waals surface area contributed by atoms with Gasteiger partial charge in [-0.25, -0.2) is 4.98 Å². The highest BCUT2D eigenvalue weighted by Crippen LogP contribution is 2.36. The third-order valence-corrected chi connectivity index (χ3v) is 6.35. The van der Waals surface area contributed by atoms with Gasteiger partial charge in [0.15, 0.2) is 0 Å². The largest absolute Gasteiger partial charge is 0.383 e. The quantitative estimate of drug-likeness (QED) is 0.332. The summed E-state index contributed by atoms with van der Waals surface area (Å²) >= 11 is 6.33. The Balaban J connectivity index is 1.66. The lowest BCUT2D eigenvalue weighted by molar-refractivity contribution is 0.405. The van der Waals surface area contributed by atoms with Gasteiger partial charge in [0.1, 0.15) is 11.3 Å². The van der Waals surface area contributed by atoms with E-state index in [9.17, 15) is 0 Å². The maximum Gasteiger partial charge on any atom is 0.229 e. The van der Waals surface area contributed by atoms with E-state index in [-0.39, 0.29) is 0 Å². The third-order valence-electron chi connectivity index (χ3n) is 5.95. The molecule has 6 nitrogen and oxygen atoms in total. The van der Waals surface area contributed by atoms with Crippen molar-refractivity contribution in [2.24, 2.45) is 5.92 Å². The Labute approximate surface area is 195 Å². The zero-order chi connectivity index (χ0) is 22.7. The number of halogens is 1. The number of hydrogen-bond acceptors (Lipinski definition) is 6. The summed E-state index contributed by atoms with van der Waals surface area (Å²) in [7, 11) is 4.19. The molecule has 3 N–H and O–H groups in total. The Hall–Kier alpha value is -2.57. The lowest BCUT2D eigenvalue weighted by Crippen LogP contribution is -2.19. The molecule has 0 spiro atoms. The highest BCUT2D eigenvalue weighted by molar-refractivity contribution is 6.31. The Bertz CT molecular complexity index is 1080. The van der Waals surface area contributed by atoms with E-state index in [4.69, 9.17) is 21.6 Å². The molecular formula is C25H33ClN6. The average molecular weight is 453 g/mol. The van der Waals surface area contributed by atoms with Gasteiger partial charge in [-0.2, -0.15) is 4.98 Å². The van der Waals surface area contributed by atoms with Crippen LogP contribution in [-0.2, 0) is 0 Å². The van der Waals surface area contributed by atoms with E-state index in [1.807, 2.05) is 25.1 Å². The van der Waals surface area contributed by atoms with Crippen molar-refractivity contribution in [2.75, 3.05) is 43.1 Å². The molecule has 0 unspecified atom stereocenters. The Morgan fingerprint density at radius 2 is 1.97 bits per heavy atom. The van der Waals surface area contributed by atoms with E-state index in [1.165, 1.54) is 12.8 Å². The summed E-state index contributed by atoms with van der Waals surface area (Å²) in [6.45, 7) is 6.16. The van der Waals surface area contributed by atoms with Gasteiger partial charge in [0.25, 0.3) is 0 Å². The highest BCUT2D eigenvalue weighted by Gasteiger charge is 2.28. The summed E-state index contributed by atoms with van der Waals surface area (Å²) in [6, 6.07) is 12.5. The van der Waals surface area contributed by atoms with Gasteiger partial charge in [0, 0.05) is 28.7 Å². The van der Waals surface area contributed by atoms with Crippen LogP contribution in [0.15, 0.2) is 36.4 Å². The minimum absolute atomic E-state index is 0.381. The molecule has 0 amide bonds. The van der Waals surface area contributed by atoms with Gasteiger partial charge in [0.2, 0.25) is 5.95 Å². The van der Waals surface area contributed by atoms with E-state index in [0.29, 0.717) is 12.0 Å². The minimum Gasteiger partial charge on any atom is -0.383 e. The molecule has 1 aliphatic carbocycles. The molecule has 0 bridgehead atoms. The first-order valence-electron chi connectivity index (χ1n) is 11.4. The minimum atomic E-state index is 0.381. The van der Waals surface area contributed by atoms with E-state index >= 15 is 0 Å². The van der Waals surface area contributed by atoms with Crippen molar-refractivity contribution in [3.05, 3.63) is 47.0 Å². The molecule has 1 heterocycles. The smallest absolute Gasteiger partial charge is 0.229 e. The monoisotopic (exact) mass is 452 g/mol. The van der Waals surface area contributed by atoms with Crippen molar-refractivity contribution < 1.29 is 0 Å². The molecule has 1 aliphatic rings. The number of nitrogens with one attached hydrogen (secondary N) is 3. The second kappa shape index (κ2) is 9.92. The predicted molar refractivity (Wildman–Crippen MR) is 136 cm³/mol. The topological polar surface area (TPSA) is 65.1 Å². The van der Waals surface area contributed by atoms with Crippen molar-refractivity contribution in [3.8, 4) is 0 Å². The van der Waals surface area contributed by atoms with Crippen molar-refractivity contribution in [1.29, 1.82) is 0 Å². The Morgan fingerprint density at radius 1 is 1.16 bits per heavy atom. The fraction of sp³-hybridized carbons (Fsp3) is 0.440. The van der Waals surface area contributed by atoms with Crippen LogP contribution in [0.4, 0.5) is 23.1 Å². The number of aromatic nitrogens is 2. The summed E-state index contributed by atoms with van der Waals surface area (Å²) in [5.41, 5.74) is 3.85. The molecule has 7 heteroatoms. The van der Waals surface area contributed by atoms with E-state index < -0.39 is 0 Å². The zero-order valence-electron chi connectivity index (χ0n) is 19.4. The van der Waals surface area contributed by atoms with Gasteiger partial charge in [0.05, 0.1) is 5.69 Å². The molecule has 1 fully saturated rings. The summed E-state index contributed by atoms with van der Waals surface area (Å²) in [4.78, 5) is 11.9. The third kappa shape index (κ3) is 5.61. The molecule has 1 aromatic heterocycles. The number of benzene rings is 2. The van der Waals surface area contributed by atoms with Crippen molar-refractivity contribution >= 4 is 45.6 Å². The molecule has 1 saturated carbocycles. The first-order valence-corrected chi connectivity index (χ1v) is 11.8. The van der Waals surface area contributed by atoms with E-state index in [2.05, 4.69) is 60.1 Å². The standard InChI is InChI=1S/C25H33ClN6/c1-16-9-12-19(15-21(16)26)29-25-30-23-20(24(31-25)28-17(2)18-10-11-18)7-5-8-22(23)27-13-6-14-32(3)4/h5,7-9,12,15,17-18,27H,6,10-11,13-14H2,1-4H3,(H2,28,29,30,31)/t17-/m1/s1. The lowest BCUT2D eigenvalue weighted by atomic mass is 10.1. The molecule has 2 aromatic carbocycles. The van der Waals surface area contributed by atoms with Crippen LogP contribution >= 0.6 is 11.6 Å². The Morgan fingerprint density at radius 3 is 2.69 bits per heavy atom. The second-order valence-electron chi connectivity index (χ2n) is 9.04. The first-order chi connectivity index (χ1) is 15.4.